The van der Waals surface area contributed by atoms with Gasteiger partial charge in [-0.2, -0.15) is 4.98 Å². The van der Waals surface area contributed by atoms with Gasteiger partial charge in [0.1, 0.15) is 12.0 Å². The molecular formula is C19H26FN9O2. The van der Waals surface area contributed by atoms with Crippen LogP contribution in [0.5, 0.6) is 0 Å². The molecule has 2 N–H and O–H groups in total. The first kappa shape index (κ1) is 21.1. The lowest BCUT2D eigenvalue weighted by Gasteiger charge is -2.38. The van der Waals surface area contributed by atoms with Gasteiger partial charge in [-0.3, -0.25) is 10.2 Å². The second kappa shape index (κ2) is 8.92. The summed E-state index contributed by atoms with van der Waals surface area (Å²) in [6.45, 7) is 5.49. The van der Waals surface area contributed by atoms with E-state index in [1.807, 2.05) is 18.7 Å². The van der Waals surface area contributed by atoms with Crippen molar-refractivity contribution in [1.82, 2.24) is 30.7 Å². The van der Waals surface area contributed by atoms with Crippen molar-refractivity contribution in [2.24, 2.45) is 0 Å². The Bertz CT molecular complexity index is 907. The predicted octanol–water partition coefficient (Wildman–Crippen LogP) is 2.06. The van der Waals surface area contributed by atoms with Crippen LogP contribution in [-0.2, 0) is 0 Å². The fourth-order valence-corrected chi connectivity index (χ4v) is 3.73. The second-order valence-corrected chi connectivity index (χ2v) is 8.10. The highest BCUT2D eigenvalue weighted by Crippen LogP contribution is 2.33. The van der Waals surface area contributed by atoms with E-state index in [0.29, 0.717) is 11.8 Å². The van der Waals surface area contributed by atoms with Gasteiger partial charge in [-0.15, -0.1) is 4.48 Å². The SMILES string of the molecule is CC(C)c1noc(N2CCC(N(C(=O)c3cnc(N(C=N)NF)cn3)C3CC3)CC2)n1. The third-order valence-corrected chi connectivity index (χ3v) is 5.57. The van der Waals surface area contributed by atoms with Crippen molar-refractivity contribution in [3.63, 3.8) is 0 Å². The van der Waals surface area contributed by atoms with Crippen molar-refractivity contribution in [1.29, 1.82) is 5.41 Å². The quantitative estimate of drug-likeness (QED) is 0.279. The summed E-state index contributed by atoms with van der Waals surface area (Å²) in [5.74, 6) is 0.811. The Morgan fingerprint density at radius 2 is 1.97 bits per heavy atom. The van der Waals surface area contributed by atoms with Crippen LogP contribution in [0.3, 0.4) is 0 Å². The molecule has 2 aromatic heterocycles. The van der Waals surface area contributed by atoms with Crippen molar-refractivity contribution in [2.45, 2.75) is 57.5 Å². The van der Waals surface area contributed by atoms with E-state index < -0.39 is 0 Å². The van der Waals surface area contributed by atoms with Crippen LogP contribution in [0.1, 0.15) is 61.8 Å². The fraction of sp³-hybridized carbons (Fsp3) is 0.579. The molecule has 1 amide bonds. The summed E-state index contributed by atoms with van der Waals surface area (Å²) in [6, 6.07) is 0.841. The summed E-state index contributed by atoms with van der Waals surface area (Å²) in [5.41, 5.74) is 1.52. The molecule has 2 aliphatic rings. The molecule has 31 heavy (non-hydrogen) atoms. The lowest BCUT2D eigenvalue weighted by atomic mass is 10.0. The zero-order chi connectivity index (χ0) is 22.0. The molecule has 0 spiro atoms. The number of hydrogen-bond donors (Lipinski definition) is 2. The van der Waals surface area contributed by atoms with Crippen molar-refractivity contribution in [3.05, 3.63) is 23.9 Å². The van der Waals surface area contributed by atoms with E-state index in [9.17, 15) is 9.28 Å². The number of carbonyl (C=O) groups is 1. The van der Waals surface area contributed by atoms with Gasteiger partial charge < -0.3 is 14.3 Å². The highest BCUT2D eigenvalue weighted by Gasteiger charge is 2.40. The van der Waals surface area contributed by atoms with E-state index in [1.54, 1.807) is 0 Å². The smallest absolute Gasteiger partial charge is 0.324 e. The summed E-state index contributed by atoms with van der Waals surface area (Å²) < 4.78 is 18.0. The van der Waals surface area contributed by atoms with E-state index in [2.05, 4.69) is 25.0 Å². The first-order chi connectivity index (χ1) is 15.0. The monoisotopic (exact) mass is 431 g/mol. The molecule has 0 bridgehead atoms. The number of nitrogens with one attached hydrogen (secondary N) is 2. The van der Waals surface area contributed by atoms with Crippen LogP contribution in [0.4, 0.5) is 16.3 Å². The van der Waals surface area contributed by atoms with Crippen LogP contribution in [0.15, 0.2) is 16.9 Å². The van der Waals surface area contributed by atoms with Gasteiger partial charge in [0, 0.05) is 31.1 Å². The maximum atomic E-state index is 13.2. The number of halogens is 1. The van der Waals surface area contributed by atoms with E-state index in [4.69, 9.17) is 9.93 Å². The fourth-order valence-electron chi connectivity index (χ4n) is 3.73. The lowest BCUT2D eigenvalue weighted by molar-refractivity contribution is 0.0623. The highest BCUT2D eigenvalue weighted by atomic mass is 19.2. The van der Waals surface area contributed by atoms with Gasteiger partial charge in [-0.1, -0.05) is 24.7 Å². The van der Waals surface area contributed by atoms with Gasteiger partial charge in [0.25, 0.3) is 5.91 Å². The summed E-state index contributed by atoms with van der Waals surface area (Å²) in [4.78, 5) is 29.9. The number of piperidine rings is 1. The molecule has 2 aromatic rings. The maximum absolute atomic E-state index is 13.2. The van der Waals surface area contributed by atoms with Crippen LogP contribution in [0.2, 0.25) is 0 Å². The molecule has 4 rings (SSSR count). The molecule has 1 saturated heterocycles. The summed E-state index contributed by atoms with van der Waals surface area (Å²) in [6.07, 6.45) is 6.85. The number of nitrogens with zero attached hydrogens (tertiary/aromatic N) is 7. The summed E-state index contributed by atoms with van der Waals surface area (Å²) in [5, 5.41) is 11.9. The number of hydrogen-bond acceptors (Lipinski definition) is 9. The predicted molar refractivity (Wildman–Crippen MR) is 110 cm³/mol. The minimum atomic E-state index is -0.172. The van der Waals surface area contributed by atoms with Gasteiger partial charge in [0.2, 0.25) is 0 Å². The molecule has 1 saturated carbocycles. The molecule has 1 aliphatic carbocycles. The molecule has 3 heterocycles. The summed E-state index contributed by atoms with van der Waals surface area (Å²) in [7, 11) is 0. The second-order valence-electron chi connectivity index (χ2n) is 8.10. The Morgan fingerprint density at radius 1 is 1.26 bits per heavy atom. The van der Waals surface area contributed by atoms with E-state index >= 15 is 0 Å². The average Bonchev–Trinajstić information content (AvgIpc) is 3.49. The Balaban J connectivity index is 1.42. The number of anilines is 2. The van der Waals surface area contributed by atoms with Crippen molar-refractivity contribution >= 4 is 24.1 Å². The number of amides is 1. The standard InChI is InChI=1S/C19H26FN9O2/c1-12(2)17-24-19(31-25-17)27-7-5-14(6-8-27)29(13-3-4-13)18(30)15-9-23-16(10-22-15)28(11-21)26-20/h9-14,21,26H,3-8H2,1-2H3. The normalized spacial score (nSPS) is 17.1. The lowest BCUT2D eigenvalue weighted by Crippen LogP contribution is -2.48. The molecule has 1 aliphatic heterocycles. The van der Waals surface area contributed by atoms with Crippen LogP contribution in [-0.4, -0.2) is 62.4 Å². The molecule has 11 nitrogen and oxygen atoms in total. The van der Waals surface area contributed by atoms with Crippen LogP contribution < -0.4 is 15.6 Å². The molecule has 166 valence electrons. The maximum Gasteiger partial charge on any atom is 0.324 e. The van der Waals surface area contributed by atoms with Gasteiger partial charge >= 0.3 is 6.01 Å². The Labute approximate surface area is 179 Å². The summed E-state index contributed by atoms with van der Waals surface area (Å²) >= 11 is 0. The Morgan fingerprint density at radius 3 is 2.48 bits per heavy atom. The first-order valence-electron chi connectivity index (χ1n) is 10.4. The molecule has 0 aromatic carbocycles. The Kier molecular flexibility index (Phi) is 6.07. The minimum absolute atomic E-state index is 0.0839. The van der Waals surface area contributed by atoms with Gasteiger partial charge in [-0.25, -0.2) is 15.0 Å². The third kappa shape index (κ3) is 4.48. The highest BCUT2D eigenvalue weighted by molar-refractivity contribution is 5.93. The van der Waals surface area contributed by atoms with E-state index in [1.165, 1.54) is 18.0 Å². The molecular weight excluding hydrogens is 405 g/mol. The molecule has 12 heteroatoms. The first-order valence-corrected chi connectivity index (χ1v) is 10.4. The number of aromatic nitrogens is 4. The largest absolute Gasteiger partial charge is 0.331 e. The van der Waals surface area contributed by atoms with Crippen molar-refractivity contribution < 1.29 is 13.8 Å². The minimum Gasteiger partial charge on any atom is -0.331 e. The number of rotatable bonds is 8. The topological polar surface area (TPSA) is 127 Å². The van der Waals surface area contributed by atoms with E-state index in [-0.39, 0.29) is 35.4 Å². The molecule has 0 atom stereocenters. The van der Waals surface area contributed by atoms with Gasteiger partial charge in [0.15, 0.2) is 11.6 Å². The van der Waals surface area contributed by atoms with Crippen molar-refractivity contribution in [3.8, 4) is 0 Å². The van der Waals surface area contributed by atoms with Crippen LogP contribution in [0, 0.1) is 5.41 Å². The van der Waals surface area contributed by atoms with Crippen molar-refractivity contribution in [2.75, 3.05) is 23.0 Å². The van der Waals surface area contributed by atoms with Crippen LogP contribution in [0.25, 0.3) is 0 Å². The number of hydrazine groups is 1. The molecule has 2 fully saturated rings. The van der Waals surface area contributed by atoms with Gasteiger partial charge in [-0.05, 0) is 25.7 Å². The Hall–Kier alpha value is -3.15. The third-order valence-electron chi connectivity index (χ3n) is 5.57. The van der Waals surface area contributed by atoms with Gasteiger partial charge in [0.05, 0.1) is 12.4 Å². The molecule has 0 radical (unpaired) electrons. The van der Waals surface area contributed by atoms with Crippen LogP contribution >= 0.6 is 0 Å². The number of carbonyl (C=O) groups excluding carboxylic acids is 1. The zero-order valence-electron chi connectivity index (χ0n) is 17.5. The molecule has 0 unspecified atom stereocenters. The average molecular weight is 431 g/mol. The zero-order valence-corrected chi connectivity index (χ0v) is 17.5. The van der Waals surface area contributed by atoms with E-state index in [0.717, 1.165) is 50.1 Å².